The summed E-state index contributed by atoms with van der Waals surface area (Å²) in [5, 5.41) is 0. The van der Waals surface area contributed by atoms with Crippen LogP contribution in [0.5, 0.6) is 5.75 Å². The molecule has 0 atom stereocenters. The molecule has 0 saturated heterocycles. The van der Waals surface area contributed by atoms with Crippen molar-refractivity contribution in [3.05, 3.63) is 54.1 Å². The number of rotatable bonds is 5. The Labute approximate surface area is 130 Å². The fourth-order valence-electron chi connectivity index (χ4n) is 1.76. The van der Waals surface area contributed by atoms with Gasteiger partial charge in [-0.05, 0) is 40.6 Å². The molecule has 0 aliphatic carbocycles. The summed E-state index contributed by atoms with van der Waals surface area (Å²) in [7, 11) is 5.24. The van der Waals surface area contributed by atoms with Crippen LogP contribution in [0.2, 0.25) is 0 Å². The fourth-order valence-corrected chi connectivity index (χ4v) is 5.22. The van der Waals surface area contributed by atoms with Gasteiger partial charge < -0.3 is 4.74 Å². The molecule has 2 nitrogen and oxygen atoms in total. The highest BCUT2D eigenvalue weighted by molar-refractivity contribution is 8.76. The van der Waals surface area contributed by atoms with Crippen molar-refractivity contribution in [2.24, 2.45) is 0 Å². The van der Waals surface area contributed by atoms with Crippen molar-refractivity contribution < 1.29 is 4.74 Å². The van der Waals surface area contributed by atoms with Gasteiger partial charge in [-0.15, -0.1) is 11.3 Å². The van der Waals surface area contributed by atoms with Gasteiger partial charge in [-0.1, -0.05) is 35.1 Å². The molecule has 1 aromatic heterocycles. The lowest BCUT2D eigenvalue weighted by Crippen LogP contribution is -1.83. The van der Waals surface area contributed by atoms with Gasteiger partial charge in [0, 0.05) is 5.75 Å². The van der Waals surface area contributed by atoms with Crippen LogP contribution in [0, 0.1) is 0 Å². The Morgan fingerprint density at radius 1 is 1.10 bits per heavy atom. The van der Waals surface area contributed by atoms with Gasteiger partial charge in [0.2, 0.25) is 0 Å². The predicted octanol–water partition coefficient (Wildman–Crippen LogP) is 5.25. The van der Waals surface area contributed by atoms with E-state index in [4.69, 9.17) is 4.74 Å². The molecule has 0 fully saturated rings. The van der Waals surface area contributed by atoms with Crippen LogP contribution in [0.1, 0.15) is 5.56 Å². The maximum absolute atomic E-state index is 5.16. The average molecular weight is 319 g/mol. The zero-order valence-corrected chi connectivity index (χ0v) is 13.4. The molecule has 0 aliphatic heterocycles. The topological polar surface area (TPSA) is 22.1 Å². The summed E-state index contributed by atoms with van der Waals surface area (Å²) in [4.78, 5) is 4.61. The number of methoxy groups -OCH3 is 1. The number of hydrogen-bond acceptors (Lipinski definition) is 5. The van der Waals surface area contributed by atoms with Crippen molar-refractivity contribution in [2.45, 2.75) is 10.1 Å². The highest BCUT2D eigenvalue weighted by atomic mass is 33.1. The van der Waals surface area contributed by atoms with E-state index in [0.29, 0.717) is 0 Å². The molecule has 3 aromatic rings. The van der Waals surface area contributed by atoms with Crippen molar-refractivity contribution in [1.29, 1.82) is 0 Å². The van der Waals surface area contributed by atoms with Crippen LogP contribution in [0.4, 0.5) is 0 Å². The minimum absolute atomic E-state index is 0.901. The molecule has 0 amide bonds. The van der Waals surface area contributed by atoms with Crippen molar-refractivity contribution in [2.75, 3.05) is 7.11 Å². The summed E-state index contributed by atoms with van der Waals surface area (Å²) in [6.07, 6.45) is 0. The van der Waals surface area contributed by atoms with Gasteiger partial charge in [0.1, 0.15) is 5.75 Å². The second kappa shape index (κ2) is 6.52. The third-order valence-electron chi connectivity index (χ3n) is 2.79. The van der Waals surface area contributed by atoms with E-state index in [2.05, 4.69) is 35.3 Å². The van der Waals surface area contributed by atoms with E-state index in [1.165, 1.54) is 10.3 Å². The van der Waals surface area contributed by atoms with Crippen LogP contribution in [-0.4, -0.2) is 12.1 Å². The average Bonchev–Trinajstić information content (AvgIpc) is 2.90. The molecule has 0 aliphatic rings. The number of nitrogens with zero attached hydrogens (tertiary/aromatic N) is 1. The lowest BCUT2D eigenvalue weighted by atomic mass is 10.2. The first-order valence-electron chi connectivity index (χ1n) is 6.13. The molecule has 20 heavy (non-hydrogen) atoms. The molecule has 1 heterocycles. The molecule has 102 valence electrons. The first kappa shape index (κ1) is 13.8. The highest BCUT2D eigenvalue weighted by Gasteiger charge is 2.04. The summed E-state index contributed by atoms with van der Waals surface area (Å²) in [5.74, 6) is 1.86. The van der Waals surface area contributed by atoms with Crippen molar-refractivity contribution in [1.82, 2.24) is 4.98 Å². The number of aromatic nitrogens is 1. The van der Waals surface area contributed by atoms with Gasteiger partial charge in [0.25, 0.3) is 0 Å². The number of para-hydroxylation sites is 1. The predicted molar refractivity (Wildman–Crippen MR) is 89.8 cm³/mol. The Morgan fingerprint density at radius 3 is 2.65 bits per heavy atom. The number of hydrogen-bond donors (Lipinski definition) is 0. The van der Waals surface area contributed by atoms with Crippen LogP contribution >= 0.6 is 32.9 Å². The number of benzene rings is 2. The maximum Gasteiger partial charge on any atom is 0.161 e. The van der Waals surface area contributed by atoms with Crippen molar-refractivity contribution in [3.63, 3.8) is 0 Å². The minimum Gasteiger partial charge on any atom is -0.497 e. The molecular formula is C15H13NOS3. The third-order valence-corrected chi connectivity index (χ3v) is 6.42. The summed E-state index contributed by atoms with van der Waals surface area (Å²) >= 11 is 1.75. The van der Waals surface area contributed by atoms with E-state index in [-0.39, 0.29) is 0 Å². The Morgan fingerprint density at radius 2 is 1.90 bits per heavy atom. The third kappa shape index (κ3) is 3.29. The van der Waals surface area contributed by atoms with Crippen LogP contribution in [-0.2, 0) is 5.75 Å². The smallest absolute Gasteiger partial charge is 0.161 e. The normalized spacial score (nSPS) is 10.8. The lowest BCUT2D eigenvalue weighted by molar-refractivity contribution is 0.414. The molecule has 0 radical (unpaired) electrons. The van der Waals surface area contributed by atoms with E-state index in [0.717, 1.165) is 21.4 Å². The molecule has 0 spiro atoms. The standard InChI is InChI=1S/C15H13NOS3/c1-17-12-8-6-11(7-9-12)10-18-20-15-16-13-4-2-3-5-14(13)19-15/h2-9H,10H2,1H3. The van der Waals surface area contributed by atoms with Gasteiger partial charge in [0.15, 0.2) is 4.34 Å². The Kier molecular flexibility index (Phi) is 4.50. The SMILES string of the molecule is COc1ccc(CSSc2nc3ccccc3s2)cc1. The van der Waals surface area contributed by atoms with E-state index in [1.54, 1.807) is 29.2 Å². The Bertz CT molecular complexity index is 661. The largest absolute Gasteiger partial charge is 0.497 e. The molecule has 0 bridgehead atoms. The molecule has 0 saturated carbocycles. The summed E-state index contributed by atoms with van der Waals surface area (Å²) < 4.78 is 7.52. The number of fused-ring (bicyclic) bond motifs is 1. The molecular weight excluding hydrogens is 306 g/mol. The quantitative estimate of drug-likeness (QED) is 0.599. The fraction of sp³-hybridized carbons (Fsp3) is 0.133. The lowest BCUT2D eigenvalue weighted by Gasteiger charge is -2.02. The van der Waals surface area contributed by atoms with Gasteiger partial charge in [-0.3, -0.25) is 0 Å². The zero-order chi connectivity index (χ0) is 13.8. The van der Waals surface area contributed by atoms with Crippen LogP contribution in [0.3, 0.4) is 0 Å². The zero-order valence-electron chi connectivity index (χ0n) is 10.9. The van der Waals surface area contributed by atoms with Gasteiger partial charge in [-0.2, -0.15) is 0 Å². The van der Waals surface area contributed by atoms with Crippen LogP contribution in [0.25, 0.3) is 10.2 Å². The first-order chi connectivity index (χ1) is 9.85. The maximum atomic E-state index is 5.16. The van der Waals surface area contributed by atoms with Gasteiger partial charge in [-0.25, -0.2) is 4.98 Å². The summed E-state index contributed by atoms with van der Waals surface area (Å²) in [6.45, 7) is 0. The van der Waals surface area contributed by atoms with Crippen molar-refractivity contribution in [3.8, 4) is 5.75 Å². The van der Waals surface area contributed by atoms with E-state index in [9.17, 15) is 0 Å². The Balaban J connectivity index is 1.58. The number of ether oxygens (including phenoxy) is 1. The Hall–Kier alpha value is -1.17. The molecule has 2 aromatic carbocycles. The van der Waals surface area contributed by atoms with Gasteiger partial charge >= 0.3 is 0 Å². The van der Waals surface area contributed by atoms with E-state index < -0.39 is 0 Å². The highest BCUT2D eigenvalue weighted by Crippen LogP contribution is 2.38. The molecule has 3 rings (SSSR count). The number of thiazole rings is 1. The molecule has 5 heteroatoms. The summed E-state index contributed by atoms with van der Waals surface area (Å²) in [6, 6.07) is 16.5. The second-order valence-electron chi connectivity index (χ2n) is 4.14. The van der Waals surface area contributed by atoms with E-state index >= 15 is 0 Å². The van der Waals surface area contributed by atoms with Crippen molar-refractivity contribution >= 4 is 43.1 Å². The van der Waals surface area contributed by atoms with E-state index in [1.807, 2.05) is 29.0 Å². The molecule has 0 N–H and O–H groups in total. The minimum atomic E-state index is 0.901. The first-order valence-corrected chi connectivity index (χ1v) is 9.26. The van der Waals surface area contributed by atoms with Gasteiger partial charge in [0.05, 0.1) is 17.3 Å². The molecule has 0 unspecified atom stereocenters. The van der Waals surface area contributed by atoms with Crippen LogP contribution in [0.15, 0.2) is 52.9 Å². The second-order valence-corrected chi connectivity index (χ2v) is 7.72. The summed E-state index contributed by atoms with van der Waals surface area (Å²) in [5.41, 5.74) is 2.38. The monoisotopic (exact) mass is 319 g/mol. The van der Waals surface area contributed by atoms with Crippen LogP contribution < -0.4 is 4.74 Å².